The maximum Gasteiger partial charge on any atom is 0.123 e. The van der Waals surface area contributed by atoms with Gasteiger partial charge in [0.25, 0.3) is 0 Å². The van der Waals surface area contributed by atoms with E-state index in [2.05, 4.69) is 28.1 Å². The van der Waals surface area contributed by atoms with Gasteiger partial charge in [0.1, 0.15) is 5.82 Å². The third kappa shape index (κ3) is 1.40. The van der Waals surface area contributed by atoms with Crippen LogP contribution in [0, 0.1) is 5.82 Å². The van der Waals surface area contributed by atoms with Crippen molar-refractivity contribution in [2.75, 3.05) is 0 Å². The van der Waals surface area contributed by atoms with E-state index in [0.717, 1.165) is 16.5 Å². The molecule has 0 unspecified atom stereocenters. The Bertz CT molecular complexity index is 497. The van der Waals surface area contributed by atoms with Crippen molar-refractivity contribution < 1.29 is 4.39 Å². The Labute approximate surface area is 95.9 Å². The lowest BCUT2D eigenvalue weighted by Crippen LogP contribution is -1.81. The monoisotopic (exact) mass is 262 g/mol. The average Bonchev–Trinajstić information content (AvgIpc) is 2.53. The molecule has 0 atom stereocenters. The summed E-state index contributed by atoms with van der Waals surface area (Å²) in [6, 6.07) is 11.2. The number of halogens is 2. The fourth-order valence-corrected chi connectivity index (χ4v) is 2.56. The lowest BCUT2D eigenvalue weighted by molar-refractivity contribution is 0.626. The molecule has 2 aromatic rings. The second kappa shape index (κ2) is 3.17. The summed E-state index contributed by atoms with van der Waals surface area (Å²) in [7, 11) is 0. The zero-order chi connectivity index (χ0) is 10.4. The molecule has 1 aliphatic carbocycles. The summed E-state index contributed by atoms with van der Waals surface area (Å²) < 4.78 is 14.1. The van der Waals surface area contributed by atoms with Crippen molar-refractivity contribution in [2.24, 2.45) is 0 Å². The normalized spacial score (nSPS) is 12.4. The van der Waals surface area contributed by atoms with E-state index in [1.165, 1.54) is 22.8 Å². The van der Waals surface area contributed by atoms with Gasteiger partial charge in [-0.2, -0.15) is 0 Å². The second-order valence-corrected chi connectivity index (χ2v) is 4.70. The number of fused-ring (bicyclic) bond motifs is 3. The van der Waals surface area contributed by atoms with Crippen molar-refractivity contribution in [3.05, 3.63) is 57.8 Å². The third-order valence-electron chi connectivity index (χ3n) is 2.81. The fraction of sp³-hybridized carbons (Fsp3) is 0.0769. The number of hydrogen-bond acceptors (Lipinski definition) is 0. The van der Waals surface area contributed by atoms with Crippen LogP contribution in [-0.4, -0.2) is 0 Å². The molecule has 0 saturated carbocycles. The molecule has 0 bridgehead atoms. The molecule has 2 heteroatoms. The van der Waals surface area contributed by atoms with Crippen LogP contribution in [0.2, 0.25) is 0 Å². The molecule has 0 saturated heterocycles. The number of hydrogen-bond donors (Lipinski definition) is 0. The van der Waals surface area contributed by atoms with E-state index in [0.29, 0.717) is 0 Å². The number of rotatable bonds is 0. The minimum atomic E-state index is -0.152. The van der Waals surface area contributed by atoms with E-state index in [-0.39, 0.29) is 5.82 Å². The molecular weight excluding hydrogens is 255 g/mol. The number of benzene rings is 2. The van der Waals surface area contributed by atoms with Crippen molar-refractivity contribution in [1.82, 2.24) is 0 Å². The highest BCUT2D eigenvalue weighted by Gasteiger charge is 2.18. The first-order chi connectivity index (χ1) is 7.24. The van der Waals surface area contributed by atoms with E-state index >= 15 is 0 Å². The Kier molecular flexibility index (Phi) is 1.93. The Morgan fingerprint density at radius 1 is 0.933 bits per heavy atom. The fourth-order valence-electron chi connectivity index (χ4n) is 2.15. The van der Waals surface area contributed by atoms with Crippen LogP contribution in [-0.2, 0) is 6.42 Å². The summed E-state index contributed by atoms with van der Waals surface area (Å²) in [5, 5.41) is 0. The van der Waals surface area contributed by atoms with Gasteiger partial charge in [-0.15, -0.1) is 0 Å². The van der Waals surface area contributed by atoms with Crippen LogP contribution in [0.15, 0.2) is 40.9 Å². The van der Waals surface area contributed by atoms with Gasteiger partial charge in [0.2, 0.25) is 0 Å². The lowest BCUT2D eigenvalue weighted by Gasteiger charge is -2.00. The summed E-state index contributed by atoms with van der Waals surface area (Å²) in [6.07, 6.45) is 0.835. The molecule has 74 valence electrons. The third-order valence-corrected chi connectivity index (χ3v) is 3.30. The zero-order valence-corrected chi connectivity index (χ0v) is 9.51. The van der Waals surface area contributed by atoms with Gasteiger partial charge in [-0.25, -0.2) is 4.39 Å². The molecule has 0 heterocycles. The highest BCUT2D eigenvalue weighted by Crippen LogP contribution is 2.37. The highest BCUT2D eigenvalue weighted by molar-refractivity contribution is 9.10. The first-order valence-electron chi connectivity index (χ1n) is 4.81. The second-order valence-electron chi connectivity index (χ2n) is 3.78. The molecule has 0 radical (unpaired) electrons. The maximum absolute atomic E-state index is 13.1. The first kappa shape index (κ1) is 9.10. The smallest absolute Gasteiger partial charge is 0.123 e. The van der Waals surface area contributed by atoms with E-state index in [9.17, 15) is 4.39 Å². The van der Waals surface area contributed by atoms with Crippen LogP contribution < -0.4 is 0 Å². The van der Waals surface area contributed by atoms with Gasteiger partial charge in [-0.3, -0.25) is 0 Å². The minimum absolute atomic E-state index is 0.152. The summed E-state index contributed by atoms with van der Waals surface area (Å²) in [5.41, 5.74) is 4.75. The standard InChI is InChI=1S/C13H8BrF/c14-10-1-3-12-8(6-10)5-9-7-11(15)2-4-13(9)12/h1-4,6-7H,5H2. The Hall–Kier alpha value is -1.15. The van der Waals surface area contributed by atoms with Gasteiger partial charge in [0.15, 0.2) is 0 Å². The molecule has 0 amide bonds. The molecule has 3 rings (SSSR count). The molecule has 0 fully saturated rings. The molecule has 15 heavy (non-hydrogen) atoms. The summed E-state index contributed by atoms with van der Waals surface area (Å²) in [6.45, 7) is 0. The SMILES string of the molecule is Fc1ccc2c(c1)Cc1cc(Br)ccc1-2. The van der Waals surface area contributed by atoms with E-state index < -0.39 is 0 Å². The zero-order valence-electron chi connectivity index (χ0n) is 7.93. The van der Waals surface area contributed by atoms with E-state index in [1.54, 1.807) is 6.07 Å². The van der Waals surface area contributed by atoms with Crippen molar-refractivity contribution in [2.45, 2.75) is 6.42 Å². The molecular formula is C13H8BrF. The Morgan fingerprint density at radius 2 is 1.60 bits per heavy atom. The first-order valence-corrected chi connectivity index (χ1v) is 5.60. The lowest BCUT2D eigenvalue weighted by atomic mass is 10.1. The van der Waals surface area contributed by atoms with Crippen LogP contribution in [0.1, 0.15) is 11.1 Å². The Morgan fingerprint density at radius 3 is 2.40 bits per heavy atom. The largest absolute Gasteiger partial charge is 0.207 e. The van der Waals surface area contributed by atoms with Crippen LogP contribution in [0.4, 0.5) is 4.39 Å². The molecule has 2 aromatic carbocycles. The van der Waals surface area contributed by atoms with Gasteiger partial charge in [0.05, 0.1) is 0 Å². The molecule has 0 aliphatic heterocycles. The van der Waals surface area contributed by atoms with Gasteiger partial charge in [-0.1, -0.05) is 28.1 Å². The molecule has 0 aromatic heterocycles. The molecule has 1 aliphatic rings. The van der Waals surface area contributed by atoms with Gasteiger partial charge < -0.3 is 0 Å². The quantitative estimate of drug-likeness (QED) is 0.571. The Balaban J connectivity index is 2.24. The summed E-state index contributed by atoms with van der Waals surface area (Å²) in [4.78, 5) is 0. The van der Waals surface area contributed by atoms with E-state index in [1.807, 2.05) is 12.1 Å². The van der Waals surface area contributed by atoms with Gasteiger partial charge >= 0.3 is 0 Å². The van der Waals surface area contributed by atoms with Crippen LogP contribution in [0.25, 0.3) is 11.1 Å². The minimum Gasteiger partial charge on any atom is -0.207 e. The topological polar surface area (TPSA) is 0 Å². The highest BCUT2D eigenvalue weighted by atomic mass is 79.9. The summed E-state index contributed by atoms with van der Waals surface area (Å²) >= 11 is 3.45. The predicted octanol–water partition coefficient (Wildman–Crippen LogP) is 4.16. The van der Waals surface area contributed by atoms with E-state index in [4.69, 9.17) is 0 Å². The predicted molar refractivity (Wildman–Crippen MR) is 62.3 cm³/mol. The van der Waals surface area contributed by atoms with Crippen LogP contribution in [0.5, 0.6) is 0 Å². The van der Waals surface area contributed by atoms with Crippen LogP contribution >= 0.6 is 15.9 Å². The summed E-state index contributed by atoms with van der Waals surface area (Å²) in [5.74, 6) is -0.152. The van der Waals surface area contributed by atoms with Crippen molar-refractivity contribution in [1.29, 1.82) is 0 Å². The maximum atomic E-state index is 13.1. The molecule has 0 N–H and O–H groups in total. The van der Waals surface area contributed by atoms with Gasteiger partial charge in [-0.05, 0) is 52.9 Å². The van der Waals surface area contributed by atoms with Gasteiger partial charge in [0, 0.05) is 4.47 Å². The molecule has 0 nitrogen and oxygen atoms in total. The van der Waals surface area contributed by atoms with Crippen molar-refractivity contribution >= 4 is 15.9 Å². The average molecular weight is 263 g/mol. The van der Waals surface area contributed by atoms with Crippen LogP contribution in [0.3, 0.4) is 0 Å². The van der Waals surface area contributed by atoms with Crippen molar-refractivity contribution in [3.8, 4) is 11.1 Å². The molecule has 0 spiro atoms. The van der Waals surface area contributed by atoms with Crippen molar-refractivity contribution in [3.63, 3.8) is 0 Å².